The predicted octanol–water partition coefficient (Wildman–Crippen LogP) is 5.52. The largest absolute Gasteiger partial charge is 0.349 e. The Kier molecular flexibility index (Phi) is 4.44. The molecule has 98 valence electrons. The highest BCUT2D eigenvalue weighted by atomic mass is 79.9. The van der Waals surface area contributed by atoms with Crippen molar-refractivity contribution in [3.05, 3.63) is 60.5 Å². The van der Waals surface area contributed by atoms with E-state index in [-0.39, 0.29) is 5.69 Å². The Labute approximate surface area is 131 Å². The van der Waals surface area contributed by atoms with E-state index in [4.69, 9.17) is 11.6 Å². The molecule has 1 N–H and O–H groups in total. The summed E-state index contributed by atoms with van der Waals surface area (Å²) in [6.45, 7) is 0. The second kappa shape index (κ2) is 5.90. The lowest BCUT2D eigenvalue weighted by atomic mass is 10.2. The first-order valence-corrected chi connectivity index (χ1v) is 7.10. The van der Waals surface area contributed by atoms with Crippen LogP contribution in [0.1, 0.15) is 0 Å². The lowest BCUT2D eigenvalue weighted by Gasteiger charge is -2.09. The smallest absolute Gasteiger partial charge is 0.293 e. The molecule has 0 unspecified atom stereocenters. The highest BCUT2D eigenvalue weighted by Crippen LogP contribution is 2.34. The van der Waals surface area contributed by atoms with Crippen molar-refractivity contribution in [1.82, 2.24) is 0 Å². The molecule has 0 spiro atoms. The molecule has 7 heteroatoms. The minimum atomic E-state index is -0.434. The molecule has 4 nitrogen and oxygen atoms in total. The summed E-state index contributed by atoms with van der Waals surface area (Å²) in [6, 6.07) is 10.0. The molecule has 0 aliphatic carbocycles. The third-order valence-electron chi connectivity index (χ3n) is 2.36. The fraction of sp³-hybridized carbons (Fsp3) is 0. The Morgan fingerprint density at radius 3 is 2.42 bits per heavy atom. The van der Waals surface area contributed by atoms with Crippen LogP contribution in [-0.2, 0) is 0 Å². The summed E-state index contributed by atoms with van der Waals surface area (Å²) in [5, 5.41) is 14.6. The molecule has 0 atom stereocenters. The number of nitro benzene ring substituents is 1. The number of benzene rings is 2. The quantitative estimate of drug-likeness (QED) is 0.540. The van der Waals surface area contributed by atoms with Gasteiger partial charge in [0.15, 0.2) is 0 Å². The molecule has 2 aromatic carbocycles. The molecule has 19 heavy (non-hydrogen) atoms. The van der Waals surface area contributed by atoms with Crippen molar-refractivity contribution in [3.8, 4) is 0 Å². The first-order chi connectivity index (χ1) is 8.97. The molecule has 0 saturated carbocycles. The predicted molar refractivity (Wildman–Crippen MR) is 83.2 cm³/mol. The summed E-state index contributed by atoms with van der Waals surface area (Å²) in [7, 11) is 0. The van der Waals surface area contributed by atoms with E-state index in [0.29, 0.717) is 20.9 Å². The second-order valence-corrected chi connectivity index (χ2v) is 5.87. The Morgan fingerprint density at radius 2 is 1.79 bits per heavy atom. The summed E-state index contributed by atoms with van der Waals surface area (Å²) >= 11 is 12.4. The lowest BCUT2D eigenvalue weighted by molar-refractivity contribution is -0.384. The van der Waals surface area contributed by atoms with Crippen LogP contribution in [0.4, 0.5) is 17.1 Å². The van der Waals surface area contributed by atoms with Gasteiger partial charge in [0.25, 0.3) is 5.69 Å². The van der Waals surface area contributed by atoms with Crippen molar-refractivity contribution in [2.45, 2.75) is 0 Å². The molecule has 0 aliphatic heterocycles. The Morgan fingerprint density at radius 1 is 1.11 bits per heavy atom. The number of hydrogen-bond donors (Lipinski definition) is 1. The summed E-state index contributed by atoms with van der Waals surface area (Å²) in [6.07, 6.45) is 0. The molecule has 0 amide bonds. The molecular weight excluding hydrogens is 399 g/mol. The SMILES string of the molecule is O=[N+]([O-])c1cc(Br)ccc1Nc1ccc(Cl)cc1Br. The standard InChI is InChI=1S/C12H7Br2ClN2O2/c13-7-1-3-11(12(5-7)17(18)19)16-10-4-2-8(15)6-9(10)14/h1-6,16H. The van der Waals surface area contributed by atoms with E-state index in [0.717, 1.165) is 4.47 Å². The summed E-state index contributed by atoms with van der Waals surface area (Å²) < 4.78 is 1.39. The normalized spacial score (nSPS) is 10.3. The molecule has 2 aromatic rings. The van der Waals surface area contributed by atoms with Crippen molar-refractivity contribution in [3.63, 3.8) is 0 Å². The summed E-state index contributed by atoms with van der Waals surface area (Å²) in [5.74, 6) is 0. The van der Waals surface area contributed by atoms with Gasteiger partial charge in [0.1, 0.15) is 5.69 Å². The molecular formula is C12H7Br2ClN2O2. The number of hydrogen-bond acceptors (Lipinski definition) is 3. The highest BCUT2D eigenvalue weighted by molar-refractivity contribution is 9.10. The monoisotopic (exact) mass is 404 g/mol. The van der Waals surface area contributed by atoms with Gasteiger partial charge in [0.2, 0.25) is 0 Å². The van der Waals surface area contributed by atoms with E-state index < -0.39 is 4.92 Å². The van der Waals surface area contributed by atoms with Crippen molar-refractivity contribution in [2.75, 3.05) is 5.32 Å². The van der Waals surface area contributed by atoms with E-state index in [9.17, 15) is 10.1 Å². The van der Waals surface area contributed by atoms with Gasteiger partial charge in [0.05, 0.1) is 10.6 Å². The Bertz CT molecular complexity index is 650. The van der Waals surface area contributed by atoms with Crippen molar-refractivity contribution >= 4 is 60.5 Å². The van der Waals surface area contributed by atoms with Crippen LogP contribution in [0.15, 0.2) is 45.3 Å². The van der Waals surface area contributed by atoms with E-state index in [1.54, 1.807) is 30.3 Å². The van der Waals surface area contributed by atoms with Gasteiger partial charge >= 0.3 is 0 Å². The zero-order chi connectivity index (χ0) is 14.0. The molecule has 2 rings (SSSR count). The molecule has 0 fully saturated rings. The molecule has 0 saturated heterocycles. The minimum absolute atomic E-state index is 0.00350. The average molecular weight is 406 g/mol. The van der Waals surface area contributed by atoms with Crippen LogP contribution in [0.5, 0.6) is 0 Å². The van der Waals surface area contributed by atoms with Crippen LogP contribution in [0.3, 0.4) is 0 Å². The van der Waals surface area contributed by atoms with Crippen molar-refractivity contribution < 1.29 is 4.92 Å². The van der Waals surface area contributed by atoms with Gasteiger partial charge in [-0.25, -0.2) is 0 Å². The lowest BCUT2D eigenvalue weighted by Crippen LogP contribution is -1.97. The second-order valence-electron chi connectivity index (χ2n) is 3.67. The van der Waals surface area contributed by atoms with Gasteiger partial charge in [-0.1, -0.05) is 27.5 Å². The van der Waals surface area contributed by atoms with Crippen LogP contribution < -0.4 is 5.32 Å². The molecule has 0 aliphatic rings. The number of nitrogens with zero attached hydrogens (tertiary/aromatic N) is 1. The fourth-order valence-corrected chi connectivity index (χ4v) is 2.63. The first kappa shape index (κ1) is 14.3. The highest BCUT2D eigenvalue weighted by Gasteiger charge is 2.15. The van der Waals surface area contributed by atoms with E-state index >= 15 is 0 Å². The zero-order valence-electron chi connectivity index (χ0n) is 9.36. The van der Waals surface area contributed by atoms with Gasteiger partial charge in [-0.2, -0.15) is 0 Å². The van der Waals surface area contributed by atoms with Crippen LogP contribution in [-0.4, -0.2) is 4.92 Å². The van der Waals surface area contributed by atoms with Crippen LogP contribution in [0, 0.1) is 10.1 Å². The fourth-order valence-electron chi connectivity index (χ4n) is 1.50. The molecule has 0 aromatic heterocycles. The van der Waals surface area contributed by atoms with Crippen molar-refractivity contribution in [1.29, 1.82) is 0 Å². The van der Waals surface area contributed by atoms with Crippen LogP contribution in [0.25, 0.3) is 0 Å². The zero-order valence-corrected chi connectivity index (χ0v) is 13.3. The first-order valence-electron chi connectivity index (χ1n) is 5.13. The van der Waals surface area contributed by atoms with Gasteiger partial charge in [-0.05, 0) is 46.3 Å². The Balaban J connectivity index is 2.40. The van der Waals surface area contributed by atoms with Gasteiger partial charge in [-0.15, -0.1) is 0 Å². The van der Waals surface area contributed by atoms with Gasteiger partial charge < -0.3 is 5.32 Å². The maximum absolute atomic E-state index is 11.0. The van der Waals surface area contributed by atoms with E-state index in [1.165, 1.54) is 6.07 Å². The summed E-state index contributed by atoms with van der Waals surface area (Å²) in [5.41, 5.74) is 1.11. The Hall–Kier alpha value is -1.11. The average Bonchev–Trinajstić information content (AvgIpc) is 2.34. The van der Waals surface area contributed by atoms with Crippen LogP contribution in [0.2, 0.25) is 5.02 Å². The molecule has 0 bridgehead atoms. The van der Waals surface area contributed by atoms with E-state index in [2.05, 4.69) is 37.2 Å². The number of halogens is 3. The maximum atomic E-state index is 11.0. The van der Waals surface area contributed by atoms with Gasteiger partial charge in [0, 0.05) is 20.0 Å². The topological polar surface area (TPSA) is 55.2 Å². The third kappa shape index (κ3) is 3.46. The summed E-state index contributed by atoms with van der Waals surface area (Å²) in [4.78, 5) is 10.6. The minimum Gasteiger partial charge on any atom is -0.349 e. The number of nitro groups is 1. The maximum Gasteiger partial charge on any atom is 0.293 e. The van der Waals surface area contributed by atoms with Gasteiger partial charge in [-0.3, -0.25) is 10.1 Å². The van der Waals surface area contributed by atoms with E-state index in [1.807, 2.05) is 0 Å². The number of rotatable bonds is 3. The number of anilines is 2. The third-order valence-corrected chi connectivity index (χ3v) is 3.74. The van der Waals surface area contributed by atoms with Crippen molar-refractivity contribution in [2.24, 2.45) is 0 Å². The number of nitrogens with one attached hydrogen (secondary N) is 1. The van der Waals surface area contributed by atoms with Crippen LogP contribution >= 0.6 is 43.5 Å². The molecule has 0 radical (unpaired) electrons. The molecule has 0 heterocycles.